The van der Waals surface area contributed by atoms with E-state index in [-0.39, 0.29) is 30.9 Å². The van der Waals surface area contributed by atoms with Gasteiger partial charge in [-0.2, -0.15) is 4.98 Å². The second-order valence-corrected chi connectivity index (χ2v) is 4.32. The molecule has 18 heavy (non-hydrogen) atoms. The molecule has 1 N–H and O–H groups in total. The van der Waals surface area contributed by atoms with Crippen LogP contribution in [0.5, 0.6) is 0 Å². The van der Waals surface area contributed by atoms with Crippen LogP contribution in [-0.4, -0.2) is 53.9 Å². The summed E-state index contributed by atoms with van der Waals surface area (Å²) in [5.74, 6) is 1.37. The molecule has 1 atom stereocenters. The first kappa shape index (κ1) is 15.7. The van der Waals surface area contributed by atoms with Crippen molar-refractivity contribution in [2.45, 2.75) is 19.0 Å². The number of hydrogen-bond donors (Lipinski definition) is 1. The quantitative estimate of drug-likeness (QED) is 0.861. The van der Waals surface area contributed by atoms with Gasteiger partial charge in [-0.15, -0.1) is 24.8 Å². The molecule has 0 amide bonds. The van der Waals surface area contributed by atoms with Gasteiger partial charge >= 0.3 is 0 Å². The molecule has 0 bridgehead atoms. The highest BCUT2D eigenvalue weighted by Crippen LogP contribution is 2.26. The summed E-state index contributed by atoms with van der Waals surface area (Å²) in [5.41, 5.74) is 0. The normalized spacial score (nSPS) is 24.8. The fraction of sp³-hybridized carbons (Fsp3) is 0.800. The van der Waals surface area contributed by atoms with Crippen molar-refractivity contribution in [2.24, 2.45) is 0 Å². The van der Waals surface area contributed by atoms with Gasteiger partial charge in [-0.3, -0.25) is 4.90 Å². The molecule has 0 spiro atoms. The Morgan fingerprint density at radius 1 is 1.33 bits per heavy atom. The van der Waals surface area contributed by atoms with Crippen LogP contribution < -0.4 is 5.32 Å². The Morgan fingerprint density at radius 2 is 2.11 bits per heavy atom. The van der Waals surface area contributed by atoms with Crippen LogP contribution in [0, 0.1) is 6.92 Å². The van der Waals surface area contributed by atoms with E-state index >= 15 is 0 Å². The van der Waals surface area contributed by atoms with E-state index in [9.17, 15) is 0 Å². The lowest BCUT2D eigenvalue weighted by Crippen LogP contribution is -2.60. The number of morpholine rings is 1. The standard InChI is InChI=1S/C10H16N4O2.2ClH/c1-7-12-10(16-13-7)9-6-15-3-2-14(9)8-4-11-5-8;;/h8-9,11H,2-6H2,1H3;2*1H. The minimum atomic E-state index is 0. The van der Waals surface area contributed by atoms with Crippen LogP contribution in [0.3, 0.4) is 0 Å². The Morgan fingerprint density at radius 3 is 2.67 bits per heavy atom. The lowest BCUT2D eigenvalue weighted by Gasteiger charge is -2.43. The summed E-state index contributed by atoms with van der Waals surface area (Å²) in [7, 11) is 0. The zero-order valence-corrected chi connectivity index (χ0v) is 11.8. The zero-order valence-electron chi connectivity index (χ0n) is 10.2. The number of nitrogens with zero attached hydrogens (tertiary/aromatic N) is 3. The van der Waals surface area contributed by atoms with Gasteiger partial charge < -0.3 is 14.6 Å². The molecule has 104 valence electrons. The molecule has 1 unspecified atom stereocenters. The van der Waals surface area contributed by atoms with Crippen molar-refractivity contribution in [3.63, 3.8) is 0 Å². The van der Waals surface area contributed by atoms with E-state index < -0.39 is 0 Å². The SMILES string of the molecule is Cc1noc(C2COCCN2C2CNC2)n1.Cl.Cl. The van der Waals surface area contributed by atoms with Crippen LogP contribution in [0.15, 0.2) is 4.52 Å². The minimum Gasteiger partial charge on any atom is -0.378 e. The summed E-state index contributed by atoms with van der Waals surface area (Å²) >= 11 is 0. The molecular formula is C10H18Cl2N4O2. The minimum absolute atomic E-state index is 0. The van der Waals surface area contributed by atoms with Gasteiger partial charge in [-0.05, 0) is 6.92 Å². The number of aryl methyl sites for hydroxylation is 1. The predicted molar refractivity (Wildman–Crippen MR) is 70.5 cm³/mol. The fourth-order valence-electron chi connectivity index (χ4n) is 2.22. The molecule has 0 aliphatic carbocycles. The van der Waals surface area contributed by atoms with Crippen molar-refractivity contribution in [3.05, 3.63) is 11.7 Å². The third-order valence-corrected chi connectivity index (χ3v) is 3.23. The van der Waals surface area contributed by atoms with Gasteiger partial charge in [0.15, 0.2) is 5.82 Å². The highest BCUT2D eigenvalue weighted by atomic mass is 35.5. The van der Waals surface area contributed by atoms with E-state index in [4.69, 9.17) is 9.26 Å². The molecular weight excluding hydrogens is 279 g/mol. The Bertz CT molecular complexity index is 373. The molecule has 3 rings (SSSR count). The highest BCUT2D eigenvalue weighted by Gasteiger charge is 2.36. The van der Waals surface area contributed by atoms with Crippen molar-refractivity contribution in [1.82, 2.24) is 20.4 Å². The van der Waals surface area contributed by atoms with Gasteiger partial charge in [0.05, 0.1) is 13.2 Å². The maximum atomic E-state index is 5.50. The summed E-state index contributed by atoms with van der Waals surface area (Å²) in [4.78, 5) is 6.72. The fourth-order valence-corrected chi connectivity index (χ4v) is 2.22. The van der Waals surface area contributed by atoms with E-state index in [0.717, 1.165) is 26.2 Å². The van der Waals surface area contributed by atoms with Crippen molar-refractivity contribution in [1.29, 1.82) is 0 Å². The molecule has 1 aromatic rings. The summed E-state index contributed by atoms with van der Waals surface area (Å²) < 4.78 is 10.8. The Hall–Kier alpha value is -0.400. The van der Waals surface area contributed by atoms with Gasteiger partial charge in [-0.25, -0.2) is 0 Å². The lowest BCUT2D eigenvalue weighted by molar-refractivity contribution is -0.0507. The number of aromatic nitrogens is 2. The number of halogens is 2. The second kappa shape index (κ2) is 6.68. The average molecular weight is 297 g/mol. The molecule has 2 aliphatic heterocycles. The summed E-state index contributed by atoms with van der Waals surface area (Å²) in [6.45, 7) is 6.32. The molecule has 0 aromatic carbocycles. The molecule has 6 nitrogen and oxygen atoms in total. The Kier molecular flexibility index (Phi) is 5.81. The molecule has 2 fully saturated rings. The van der Waals surface area contributed by atoms with Gasteiger partial charge in [0.25, 0.3) is 0 Å². The topological polar surface area (TPSA) is 63.4 Å². The van der Waals surface area contributed by atoms with Crippen LogP contribution in [-0.2, 0) is 4.74 Å². The Balaban J connectivity index is 0.000000810. The predicted octanol–water partition coefficient (Wildman–Crippen LogP) is 0.567. The maximum Gasteiger partial charge on any atom is 0.246 e. The van der Waals surface area contributed by atoms with E-state index in [2.05, 4.69) is 20.4 Å². The molecule has 8 heteroatoms. The zero-order chi connectivity index (χ0) is 11.0. The Labute approximate surface area is 118 Å². The first-order valence-electron chi connectivity index (χ1n) is 5.69. The molecule has 1 aromatic heterocycles. The first-order chi connectivity index (χ1) is 7.84. The average Bonchev–Trinajstić information content (AvgIpc) is 2.63. The molecule has 3 heterocycles. The maximum absolute atomic E-state index is 5.50. The van der Waals surface area contributed by atoms with Gasteiger partial charge in [-0.1, -0.05) is 5.16 Å². The van der Waals surface area contributed by atoms with E-state index in [0.29, 0.717) is 24.4 Å². The smallest absolute Gasteiger partial charge is 0.246 e. The van der Waals surface area contributed by atoms with Crippen LogP contribution in [0.2, 0.25) is 0 Å². The lowest BCUT2D eigenvalue weighted by atomic mass is 10.1. The van der Waals surface area contributed by atoms with Gasteiger partial charge in [0.1, 0.15) is 6.04 Å². The summed E-state index contributed by atoms with van der Waals surface area (Å²) in [6.07, 6.45) is 0. The van der Waals surface area contributed by atoms with Crippen LogP contribution in [0.25, 0.3) is 0 Å². The highest BCUT2D eigenvalue weighted by molar-refractivity contribution is 5.85. The van der Waals surface area contributed by atoms with E-state index in [1.807, 2.05) is 6.92 Å². The molecule has 0 saturated carbocycles. The van der Waals surface area contributed by atoms with Crippen molar-refractivity contribution < 1.29 is 9.26 Å². The van der Waals surface area contributed by atoms with Crippen molar-refractivity contribution in [3.8, 4) is 0 Å². The number of ether oxygens (including phenoxy) is 1. The largest absolute Gasteiger partial charge is 0.378 e. The summed E-state index contributed by atoms with van der Waals surface area (Å²) in [5, 5.41) is 7.13. The number of nitrogens with one attached hydrogen (secondary N) is 1. The summed E-state index contributed by atoms with van der Waals surface area (Å²) in [6, 6.07) is 0.711. The van der Waals surface area contributed by atoms with Crippen LogP contribution in [0.1, 0.15) is 17.8 Å². The van der Waals surface area contributed by atoms with E-state index in [1.54, 1.807) is 0 Å². The third kappa shape index (κ3) is 2.95. The first-order valence-corrected chi connectivity index (χ1v) is 5.69. The number of rotatable bonds is 2. The van der Waals surface area contributed by atoms with Gasteiger partial charge in [0, 0.05) is 25.7 Å². The van der Waals surface area contributed by atoms with E-state index in [1.165, 1.54) is 0 Å². The van der Waals surface area contributed by atoms with Crippen LogP contribution >= 0.6 is 24.8 Å². The second-order valence-electron chi connectivity index (χ2n) is 4.32. The van der Waals surface area contributed by atoms with Crippen molar-refractivity contribution >= 4 is 24.8 Å². The molecule has 0 radical (unpaired) electrons. The van der Waals surface area contributed by atoms with Crippen molar-refractivity contribution in [2.75, 3.05) is 32.8 Å². The van der Waals surface area contributed by atoms with Gasteiger partial charge in [0.2, 0.25) is 5.89 Å². The third-order valence-electron chi connectivity index (χ3n) is 3.23. The molecule has 2 saturated heterocycles. The number of hydrogen-bond acceptors (Lipinski definition) is 6. The monoisotopic (exact) mass is 296 g/mol. The molecule has 2 aliphatic rings. The van der Waals surface area contributed by atoms with Crippen LogP contribution in [0.4, 0.5) is 0 Å².